The molecule has 0 saturated carbocycles. The molecule has 0 aliphatic heterocycles. The highest BCUT2D eigenvalue weighted by atomic mass is 16.4. The second-order valence-corrected chi connectivity index (χ2v) is 4.07. The molecule has 3 N–H and O–H groups in total. The Morgan fingerprint density at radius 3 is 2.78 bits per heavy atom. The van der Waals surface area contributed by atoms with E-state index in [4.69, 9.17) is 10.6 Å². The molecule has 18 heavy (non-hydrogen) atoms. The van der Waals surface area contributed by atoms with Crippen molar-refractivity contribution in [1.29, 1.82) is 0 Å². The molecule has 3 atom stereocenters. The first-order valence-corrected chi connectivity index (χ1v) is 5.35. The Kier molecular flexibility index (Phi) is 4.70. The van der Waals surface area contributed by atoms with Crippen LogP contribution in [0.15, 0.2) is 16.8 Å². The number of carbonyl (C=O) groups excluding carboxylic acids is 1. The third-order valence-electron chi connectivity index (χ3n) is 2.79. The predicted molar refractivity (Wildman–Crippen MR) is 61.5 cm³/mol. The molecule has 1 aliphatic rings. The van der Waals surface area contributed by atoms with Crippen LogP contribution in [0.25, 0.3) is 10.4 Å². The van der Waals surface area contributed by atoms with E-state index in [9.17, 15) is 14.7 Å². The van der Waals surface area contributed by atoms with Crippen molar-refractivity contribution in [1.82, 2.24) is 5.32 Å². The lowest BCUT2D eigenvalue weighted by atomic mass is 9.82. The van der Waals surface area contributed by atoms with Crippen LogP contribution in [-0.2, 0) is 9.59 Å². The lowest BCUT2D eigenvalue weighted by Crippen LogP contribution is -2.49. The number of nitrogens with zero attached hydrogens (tertiary/aromatic N) is 3. The van der Waals surface area contributed by atoms with Crippen molar-refractivity contribution in [2.45, 2.75) is 25.4 Å². The second kappa shape index (κ2) is 6.04. The van der Waals surface area contributed by atoms with Crippen LogP contribution in [0, 0.1) is 5.92 Å². The van der Waals surface area contributed by atoms with Crippen LogP contribution in [0.5, 0.6) is 0 Å². The number of carboxylic acids is 1. The van der Waals surface area contributed by atoms with Crippen LogP contribution >= 0.6 is 0 Å². The molecule has 0 radical (unpaired) electrons. The first-order chi connectivity index (χ1) is 8.49. The zero-order valence-electron chi connectivity index (χ0n) is 9.78. The highest BCUT2D eigenvalue weighted by molar-refractivity contribution is 5.87. The maximum absolute atomic E-state index is 11.1. The lowest BCUT2D eigenvalue weighted by Gasteiger charge is -2.33. The quantitative estimate of drug-likeness (QED) is 0.375. The van der Waals surface area contributed by atoms with Crippen molar-refractivity contribution in [3.8, 4) is 0 Å². The molecule has 0 aromatic heterocycles. The Bertz CT molecular complexity index is 428. The minimum Gasteiger partial charge on any atom is -0.478 e. The summed E-state index contributed by atoms with van der Waals surface area (Å²) < 4.78 is 0. The van der Waals surface area contributed by atoms with Gasteiger partial charge >= 0.3 is 5.97 Å². The van der Waals surface area contributed by atoms with Crippen molar-refractivity contribution in [3.63, 3.8) is 0 Å². The van der Waals surface area contributed by atoms with Crippen LogP contribution in [0.4, 0.5) is 0 Å². The molecule has 0 fully saturated rings. The fraction of sp³-hybridized carbons (Fsp3) is 0.600. The summed E-state index contributed by atoms with van der Waals surface area (Å²) in [4.78, 5) is 24.6. The van der Waals surface area contributed by atoms with Gasteiger partial charge < -0.3 is 15.5 Å². The van der Waals surface area contributed by atoms with Gasteiger partial charge in [-0.15, -0.1) is 0 Å². The smallest absolute Gasteiger partial charge is 0.331 e. The molecule has 0 aromatic rings. The fourth-order valence-electron chi connectivity index (χ4n) is 2.01. The number of carbonyl (C=O) groups is 2. The van der Waals surface area contributed by atoms with E-state index in [-0.39, 0.29) is 24.5 Å². The summed E-state index contributed by atoms with van der Waals surface area (Å²) >= 11 is 0. The SMILES string of the molecule is CC(=O)N[C@H]1[C@H](CO)CC(C(=O)O)=C[C@@H]1N=[N+]=[N-]. The zero-order valence-corrected chi connectivity index (χ0v) is 9.78. The van der Waals surface area contributed by atoms with Gasteiger partial charge in [0, 0.05) is 36.0 Å². The molecule has 0 unspecified atom stereocenters. The average molecular weight is 254 g/mol. The van der Waals surface area contributed by atoms with Gasteiger partial charge in [-0.2, -0.15) is 0 Å². The highest BCUT2D eigenvalue weighted by Gasteiger charge is 2.34. The summed E-state index contributed by atoms with van der Waals surface area (Å²) in [5, 5.41) is 24.2. The first kappa shape index (κ1) is 14.0. The van der Waals surface area contributed by atoms with E-state index in [2.05, 4.69) is 15.3 Å². The van der Waals surface area contributed by atoms with Gasteiger partial charge in [0.1, 0.15) is 0 Å². The van der Waals surface area contributed by atoms with Crippen molar-refractivity contribution < 1.29 is 19.8 Å². The number of aliphatic hydroxyl groups excluding tert-OH is 1. The molecule has 8 heteroatoms. The minimum atomic E-state index is -1.12. The van der Waals surface area contributed by atoms with E-state index in [0.717, 1.165) is 0 Å². The molecule has 0 aromatic carbocycles. The number of aliphatic hydroxyl groups is 1. The van der Waals surface area contributed by atoms with E-state index in [1.165, 1.54) is 13.0 Å². The monoisotopic (exact) mass is 254 g/mol. The molecular weight excluding hydrogens is 240 g/mol. The number of hydrogen-bond acceptors (Lipinski definition) is 4. The van der Waals surface area contributed by atoms with Crippen LogP contribution in [0.2, 0.25) is 0 Å². The summed E-state index contributed by atoms with van der Waals surface area (Å²) in [7, 11) is 0. The van der Waals surface area contributed by atoms with Gasteiger partial charge in [0.15, 0.2) is 0 Å². The molecule has 1 amide bonds. The third kappa shape index (κ3) is 3.22. The molecule has 1 rings (SSSR count). The molecule has 8 nitrogen and oxygen atoms in total. The molecule has 98 valence electrons. The standard InChI is InChI=1S/C10H14N4O4/c1-5(16)12-9-7(4-15)2-6(10(17)18)3-8(9)13-14-11/h3,7-9,15H,2,4H2,1H3,(H,12,16)(H,17,18)/t7-,8-,9-/m0/s1. The molecule has 0 heterocycles. The molecule has 1 aliphatic carbocycles. The van der Waals surface area contributed by atoms with Crippen LogP contribution < -0.4 is 5.32 Å². The molecule has 0 spiro atoms. The number of aliphatic carboxylic acids is 1. The van der Waals surface area contributed by atoms with Crippen molar-refractivity contribution in [3.05, 3.63) is 22.1 Å². The second-order valence-electron chi connectivity index (χ2n) is 4.07. The van der Waals surface area contributed by atoms with E-state index < -0.39 is 24.0 Å². The average Bonchev–Trinajstić information content (AvgIpc) is 2.30. The predicted octanol–water partition coefficient (Wildman–Crippen LogP) is 0.193. The topological polar surface area (TPSA) is 135 Å². The molecule has 0 saturated heterocycles. The Hall–Kier alpha value is -2.05. The van der Waals surface area contributed by atoms with Crippen LogP contribution in [-0.4, -0.2) is 40.8 Å². The minimum absolute atomic E-state index is 0.0769. The number of nitrogens with one attached hydrogen (secondary N) is 1. The molecular formula is C10H14N4O4. The summed E-state index contributed by atoms with van der Waals surface area (Å²) in [5.41, 5.74) is 8.54. The van der Waals surface area contributed by atoms with Gasteiger partial charge in [-0.1, -0.05) is 11.2 Å². The lowest BCUT2D eigenvalue weighted by molar-refractivity contribution is -0.133. The Labute approximate surface area is 103 Å². The van der Waals surface area contributed by atoms with Crippen LogP contribution in [0.1, 0.15) is 13.3 Å². The largest absolute Gasteiger partial charge is 0.478 e. The van der Waals surface area contributed by atoms with Gasteiger partial charge in [0.2, 0.25) is 5.91 Å². The Morgan fingerprint density at radius 1 is 1.67 bits per heavy atom. The zero-order chi connectivity index (χ0) is 13.7. The first-order valence-electron chi connectivity index (χ1n) is 5.35. The highest BCUT2D eigenvalue weighted by Crippen LogP contribution is 2.27. The van der Waals surface area contributed by atoms with Gasteiger partial charge in [0.25, 0.3) is 0 Å². The van der Waals surface area contributed by atoms with E-state index >= 15 is 0 Å². The van der Waals surface area contributed by atoms with Crippen molar-refractivity contribution in [2.75, 3.05) is 6.61 Å². The Balaban J connectivity index is 3.08. The van der Waals surface area contributed by atoms with Gasteiger partial charge in [0.05, 0.1) is 6.04 Å². The number of carboxylic acid groups (broad SMARTS) is 1. The van der Waals surface area contributed by atoms with Gasteiger partial charge in [-0.05, 0) is 12.0 Å². The Morgan fingerprint density at radius 2 is 2.33 bits per heavy atom. The summed E-state index contributed by atoms with van der Waals surface area (Å²) in [6, 6.07) is -1.40. The maximum atomic E-state index is 11.1. The van der Waals surface area contributed by atoms with Crippen LogP contribution in [0.3, 0.4) is 0 Å². The van der Waals surface area contributed by atoms with E-state index in [1.807, 2.05) is 0 Å². The summed E-state index contributed by atoms with van der Waals surface area (Å²) in [6.45, 7) is 1.00. The van der Waals surface area contributed by atoms with Gasteiger partial charge in [-0.25, -0.2) is 4.79 Å². The van der Waals surface area contributed by atoms with E-state index in [1.54, 1.807) is 0 Å². The summed E-state index contributed by atoms with van der Waals surface area (Å²) in [5.74, 6) is -1.93. The van der Waals surface area contributed by atoms with Crippen molar-refractivity contribution in [2.24, 2.45) is 11.0 Å². The molecule has 0 bridgehead atoms. The fourth-order valence-corrected chi connectivity index (χ4v) is 2.01. The van der Waals surface area contributed by atoms with Crippen molar-refractivity contribution >= 4 is 11.9 Å². The number of azide groups is 1. The van der Waals surface area contributed by atoms with E-state index in [0.29, 0.717) is 0 Å². The van der Waals surface area contributed by atoms with Gasteiger partial charge in [-0.3, -0.25) is 4.79 Å². The summed E-state index contributed by atoms with van der Waals surface area (Å²) in [6.07, 6.45) is 1.43. The number of rotatable bonds is 4. The third-order valence-corrected chi connectivity index (χ3v) is 2.79. The normalized spacial score (nSPS) is 26.8. The maximum Gasteiger partial charge on any atom is 0.331 e. The number of amides is 1. The number of hydrogen-bond donors (Lipinski definition) is 3.